The van der Waals surface area contributed by atoms with Gasteiger partial charge in [-0.05, 0) is 80.6 Å². The lowest BCUT2D eigenvalue weighted by atomic mass is 10.0. The number of pyridine rings is 1. The minimum absolute atomic E-state index is 0.152. The molecule has 0 saturated carbocycles. The molecule has 3 amide bonds. The third-order valence-electron chi connectivity index (χ3n) is 10.3. The maximum absolute atomic E-state index is 14.6. The van der Waals surface area contributed by atoms with E-state index in [2.05, 4.69) is 25.8 Å². The molecule has 55 heavy (non-hydrogen) atoms. The molecule has 3 atom stereocenters. The topological polar surface area (TPSA) is 184 Å². The number of likely N-dealkylation sites (N-methyl/N-ethyl adjacent to an activating group) is 1. The predicted molar refractivity (Wildman–Crippen MR) is 217 cm³/mol. The lowest BCUT2D eigenvalue weighted by molar-refractivity contribution is -0.142. The normalized spacial score (nSPS) is 20.4. The summed E-state index contributed by atoms with van der Waals surface area (Å²) in [6.45, 7) is 3.88. The highest BCUT2D eigenvalue weighted by molar-refractivity contribution is 7.99. The Bertz CT molecular complexity index is 1940. The monoisotopic (exact) mass is 789 g/mol. The third kappa shape index (κ3) is 9.98. The Kier molecular flexibility index (Phi) is 14.4. The molecule has 15 heteroatoms. The molecule has 0 bridgehead atoms. The number of hydrogen-bond acceptors (Lipinski definition) is 10. The minimum atomic E-state index is -0.910. The summed E-state index contributed by atoms with van der Waals surface area (Å²) in [4.78, 5) is 55.8. The lowest BCUT2D eigenvalue weighted by Gasteiger charge is -2.33. The minimum Gasteiger partial charge on any atom is -0.378 e. The molecule has 6 rings (SSSR count). The lowest BCUT2D eigenvalue weighted by Crippen LogP contribution is -2.57. The van der Waals surface area contributed by atoms with Crippen molar-refractivity contribution in [3.8, 4) is 0 Å². The van der Waals surface area contributed by atoms with E-state index in [0.717, 1.165) is 43.2 Å². The summed E-state index contributed by atoms with van der Waals surface area (Å²) < 4.78 is 5.68. The Morgan fingerprint density at radius 1 is 0.927 bits per heavy atom. The van der Waals surface area contributed by atoms with Crippen LogP contribution in [0.3, 0.4) is 0 Å². The summed E-state index contributed by atoms with van der Waals surface area (Å²) in [7, 11) is 1.64. The summed E-state index contributed by atoms with van der Waals surface area (Å²) in [5, 5.41) is 11.9. The molecule has 2 aliphatic rings. The summed E-state index contributed by atoms with van der Waals surface area (Å²) >= 11 is 8.45. The zero-order valence-electron chi connectivity index (χ0n) is 31.3. The van der Waals surface area contributed by atoms with Crippen molar-refractivity contribution < 1.29 is 19.1 Å². The van der Waals surface area contributed by atoms with Gasteiger partial charge in [-0.25, -0.2) is 4.98 Å². The summed E-state index contributed by atoms with van der Waals surface area (Å²) in [6, 6.07) is 13.2. The number of aromatic amines is 1. The first-order valence-corrected chi connectivity index (χ1v) is 20.3. The molecule has 0 aliphatic carbocycles. The van der Waals surface area contributed by atoms with Gasteiger partial charge in [-0.3, -0.25) is 14.4 Å². The molecule has 0 spiro atoms. The van der Waals surface area contributed by atoms with Crippen LogP contribution in [0.5, 0.6) is 0 Å². The standard InChI is InChI=1S/C40H52ClN9O4S/c1-49-35(22-27-24-45-31-10-3-2-9-28(27)31)38(52)47-25-29-34(50-18-20-54-21-19-50)14-13-30(41)36(29)55-39-26(8-7-17-44-39)23-46-32(12-6-16-43)37(51)48-33(40(49)53)11-4-5-15-42/h2-3,7-10,13-14,17,24,32-33,35,45-46H,4-6,11-12,15-16,18-23,25,42-43H2,1H3,(H,47,52)(H,48,51)/t32-,33-,35-/m0/s1. The second-order valence-corrected chi connectivity index (χ2v) is 15.4. The average Bonchev–Trinajstić information content (AvgIpc) is 3.62. The van der Waals surface area contributed by atoms with Crippen molar-refractivity contribution in [2.45, 2.75) is 79.7 Å². The van der Waals surface area contributed by atoms with E-state index in [1.165, 1.54) is 16.7 Å². The van der Waals surface area contributed by atoms with Gasteiger partial charge in [0, 0.05) is 79.1 Å². The van der Waals surface area contributed by atoms with Crippen molar-refractivity contribution in [2.75, 3.05) is 51.3 Å². The van der Waals surface area contributed by atoms with Crippen LogP contribution < -0.4 is 32.3 Å². The zero-order chi connectivity index (χ0) is 38.7. The highest BCUT2D eigenvalue weighted by Gasteiger charge is 2.34. The fraction of sp³-hybridized carbons (Fsp3) is 0.450. The Balaban J connectivity index is 1.44. The molecular weight excluding hydrogens is 738 g/mol. The van der Waals surface area contributed by atoms with Gasteiger partial charge in [0.1, 0.15) is 17.1 Å². The number of amides is 3. The SMILES string of the molecule is CN1C(=O)[C@H](CCCCN)NC(=O)[C@H](CCCN)NCc2cccnc2Sc2c(Cl)ccc(N3CCOCC3)c2CNC(=O)[C@@H]1Cc1c[nH]c2ccccc12. The Labute approximate surface area is 331 Å². The molecule has 0 radical (unpaired) electrons. The number of halogens is 1. The molecular formula is C40H52ClN9O4S. The van der Waals surface area contributed by atoms with E-state index in [9.17, 15) is 14.4 Å². The van der Waals surface area contributed by atoms with E-state index < -0.39 is 18.1 Å². The Morgan fingerprint density at radius 3 is 2.51 bits per heavy atom. The van der Waals surface area contributed by atoms with Gasteiger partial charge in [-0.1, -0.05) is 47.6 Å². The van der Waals surface area contributed by atoms with Crippen LogP contribution >= 0.6 is 23.4 Å². The number of anilines is 1. The van der Waals surface area contributed by atoms with Crippen LogP contribution in [0, 0.1) is 0 Å². The van der Waals surface area contributed by atoms with Crippen LogP contribution in [0.15, 0.2) is 70.8 Å². The second kappa shape index (κ2) is 19.6. The first kappa shape index (κ1) is 40.5. The number of morpholine rings is 1. The number of unbranched alkanes of at least 4 members (excludes halogenated alkanes) is 1. The number of para-hydroxylation sites is 1. The zero-order valence-corrected chi connectivity index (χ0v) is 32.9. The molecule has 0 unspecified atom stereocenters. The number of hydrogen-bond donors (Lipinski definition) is 6. The van der Waals surface area contributed by atoms with Crippen molar-refractivity contribution in [3.63, 3.8) is 0 Å². The van der Waals surface area contributed by atoms with Gasteiger partial charge in [0.15, 0.2) is 0 Å². The molecule has 2 aromatic carbocycles. The van der Waals surface area contributed by atoms with Gasteiger partial charge in [0.05, 0.1) is 24.3 Å². The summed E-state index contributed by atoms with van der Waals surface area (Å²) in [5.41, 5.74) is 16.2. The number of benzene rings is 2. The summed E-state index contributed by atoms with van der Waals surface area (Å²) in [6.07, 6.45) is 6.61. The van der Waals surface area contributed by atoms with Crippen molar-refractivity contribution in [2.24, 2.45) is 11.5 Å². The number of fused-ring (bicyclic) bond motifs is 3. The largest absolute Gasteiger partial charge is 0.378 e. The molecule has 13 nitrogen and oxygen atoms in total. The van der Waals surface area contributed by atoms with E-state index in [1.54, 1.807) is 13.2 Å². The van der Waals surface area contributed by atoms with Crippen molar-refractivity contribution >= 4 is 57.7 Å². The molecule has 1 saturated heterocycles. The molecule has 2 aromatic heterocycles. The highest BCUT2D eigenvalue weighted by Crippen LogP contribution is 2.41. The fourth-order valence-corrected chi connectivity index (χ4v) is 8.56. The van der Waals surface area contributed by atoms with E-state index in [1.807, 2.05) is 54.7 Å². The molecule has 4 aromatic rings. The quantitative estimate of drug-likeness (QED) is 0.130. The van der Waals surface area contributed by atoms with Crippen molar-refractivity contribution in [1.29, 1.82) is 0 Å². The first-order valence-electron chi connectivity index (χ1n) is 19.1. The van der Waals surface area contributed by atoms with Gasteiger partial charge in [0.2, 0.25) is 17.7 Å². The Hall–Kier alpha value is -4.18. The van der Waals surface area contributed by atoms with Crippen molar-refractivity contribution in [3.05, 3.63) is 82.6 Å². The molecule has 294 valence electrons. The number of carbonyl (C=O) groups excluding carboxylic acids is 3. The van der Waals surface area contributed by atoms with Crippen LogP contribution in [0.2, 0.25) is 5.02 Å². The maximum atomic E-state index is 14.6. The first-order chi connectivity index (χ1) is 26.8. The van der Waals surface area contributed by atoms with Gasteiger partial charge >= 0.3 is 0 Å². The third-order valence-corrected chi connectivity index (χ3v) is 12.0. The maximum Gasteiger partial charge on any atom is 0.245 e. The van der Waals surface area contributed by atoms with Gasteiger partial charge in [-0.15, -0.1) is 0 Å². The van der Waals surface area contributed by atoms with E-state index in [4.69, 9.17) is 32.8 Å². The van der Waals surface area contributed by atoms with Crippen LogP contribution in [-0.4, -0.2) is 97.2 Å². The number of nitrogens with zero attached hydrogens (tertiary/aromatic N) is 3. The molecule has 4 heterocycles. The smallest absolute Gasteiger partial charge is 0.245 e. The van der Waals surface area contributed by atoms with Gasteiger partial charge < -0.3 is 46.9 Å². The van der Waals surface area contributed by atoms with E-state index in [0.29, 0.717) is 83.1 Å². The molecule has 8 N–H and O–H groups in total. The predicted octanol–water partition coefficient (Wildman–Crippen LogP) is 3.71. The van der Waals surface area contributed by atoms with Crippen LogP contribution in [0.25, 0.3) is 10.9 Å². The van der Waals surface area contributed by atoms with Gasteiger partial charge in [-0.2, -0.15) is 0 Å². The van der Waals surface area contributed by atoms with Crippen LogP contribution in [0.4, 0.5) is 5.69 Å². The van der Waals surface area contributed by atoms with Crippen molar-refractivity contribution in [1.82, 2.24) is 30.8 Å². The highest BCUT2D eigenvalue weighted by atomic mass is 35.5. The number of nitrogens with one attached hydrogen (secondary N) is 4. The number of H-pyrrole nitrogens is 1. The fourth-order valence-electron chi connectivity index (χ4n) is 7.23. The number of carbonyl (C=O) groups is 3. The number of ether oxygens (including phenoxy) is 1. The second-order valence-electron chi connectivity index (χ2n) is 14.0. The summed E-state index contributed by atoms with van der Waals surface area (Å²) in [5.74, 6) is -0.992. The number of nitrogens with two attached hydrogens (primary N) is 2. The van der Waals surface area contributed by atoms with Gasteiger partial charge in [0.25, 0.3) is 0 Å². The number of rotatable bonds is 10. The Morgan fingerprint density at radius 2 is 1.71 bits per heavy atom. The van der Waals surface area contributed by atoms with E-state index >= 15 is 0 Å². The average molecular weight is 790 g/mol. The number of aromatic nitrogens is 2. The molecule has 2 aliphatic heterocycles. The van der Waals surface area contributed by atoms with Crippen LogP contribution in [-0.2, 0) is 38.6 Å². The molecule has 1 fully saturated rings. The van der Waals surface area contributed by atoms with Crippen LogP contribution in [0.1, 0.15) is 48.8 Å². The van der Waals surface area contributed by atoms with E-state index in [-0.39, 0.29) is 30.7 Å².